The number of ketones is 1. The smallest absolute Gasteiger partial charge is 0.345 e. The predicted octanol–water partition coefficient (Wildman–Crippen LogP) is 3.64. The molecule has 1 unspecified atom stereocenters. The molecule has 1 saturated carbocycles. The lowest BCUT2D eigenvalue weighted by atomic mass is 9.67. The number of carbonyl (C=O) groups is 4. The summed E-state index contributed by atoms with van der Waals surface area (Å²) in [5.41, 5.74) is -1.12. The van der Waals surface area contributed by atoms with Gasteiger partial charge in [0, 0.05) is 6.08 Å². The average Bonchev–Trinajstić information content (AvgIpc) is 2.65. The van der Waals surface area contributed by atoms with Crippen LogP contribution in [-0.4, -0.2) is 52.1 Å². The molecule has 2 aliphatic rings. The topological polar surface area (TPSA) is 90.0 Å². The Balaban J connectivity index is 1.81. The first-order chi connectivity index (χ1) is 14.0. The van der Waals surface area contributed by atoms with Crippen LogP contribution in [0.2, 0.25) is 0 Å². The van der Waals surface area contributed by atoms with Gasteiger partial charge in [-0.05, 0) is 49.3 Å². The van der Waals surface area contributed by atoms with Crippen molar-refractivity contribution in [3.05, 3.63) is 11.5 Å². The number of halogens is 1. The van der Waals surface area contributed by atoms with E-state index in [1.165, 1.54) is 29.7 Å². The highest BCUT2D eigenvalue weighted by molar-refractivity contribution is 8.02. The first kappa shape index (κ1) is 24.7. The summed E-state index contributed by atoms with van der Waals surface area (Å²) in [5, 5.41) is 1.18. The molecule has 2 fully saturated rings. The van der Waals surface area contributed by atoms with Gasteiger partial charge in [-0.3, -0.25) is 9.59 Å². The molecule has 0 bridgehead atoms. The van der Waals surface area contributed by atoms with Crippen LogP contribution in [0.5, 0.6) is 0 Å². The standard InChI is InChI=1S/C21H30ClNO6S/c1-13(2)21(4)8-5-6-15(11-21)29-18(26)7-9-30-17-10-16(25)23(17)19(22)20(27)28-12-14(3)24/h7,9,13,15,17,19H,5-6,8,10-12H2,1-4H3/t15-,17+,19?,21-/m0/s1. The third-order valence-corrected chi connectivity index (χ3v) is 7.28. The van der Waals surface area contributed by atoms with Gasteiger partial charge in [-0.1, -0.05) is 32.4 Å². The van der Waals surface area contributed by atoms with Crippen molar-refractivity contribution in [2.45, 2.75) is 76.8 Å². The van der Waals surface area contributed by atoms with E-state index < -0.39 is 17.4 Å². The Morgan fingerprint density at radius 1 is 1.37 bits per heavy atom. The van der Waals surface area contributed by atoms with Gasteiger partial charge in [-0.25, -0.2) is 9.59 Å². The van der Waals surface area contributed by atoms with E-state index >= 15 is 0 Å². The van der Waals surface area contributed by atoms with Crippen molar-refractivity contribution in [2.75, 3.05) is 6.61 Å². The SMILES string of the molecule is CC(=O)COC(=O)C(Cl)N1C(=O)C[C@H]1SC=CC(=O)O[C@H]1CCC[C@](C)(C(C)C)C1. The molecule has 1 aliphatic heterocycles. The zero-order valence-electron chi connectivity index (χ0n) is 17.9. The van der Waals surface area contributed by atoms with Crippen LogP contribution in [-0.2, 0) is 28.7 Å². The van der Waals surface area contributed by atoms with Crippen LogP contribution in [0.15, 0.2) is 11.5 Å². The summed E-state index contributed by atoms with van der Waals surface area (Å²) in [7, 11) is 0. The van der Waals surface area contributed by atoms with Crippen molar-refractivity contribution < 1.29 is 28.7 Å². The molecule has 2 rings (SSSR count). The van der Waals surface area contributed by atoms with Crippen molar-refractivity contribution in [2.24, 2.45) is 11.3 Å². The summed E-state index contributed by atoms with van der Waals surface area (Å²) in [6, 6.07) is 0. The zero-order valence-corrected chi connectivity index (χ0v) is 19.5. The van der Waals surface area contributed by atoms with Gasteiger partial charge in [-0.2, -0.15) is 0 Å². The average molecular weight is 460 g/mol. The molecule has 30 heavy (non-hydrogen) atoms. The number of rotatable bonds is 9. The second kappa shape index (κ2) is 10.7. The van der Waals surface area contributed by atoms with Gasteiger partial charge in [-0.15, -0.1) is 11.8 Å². The molecule has 7 nitrogen and oxygen atoms in total. The maximum absolute atomic E-state index is 12.2. The number of hydrogen-bond donors (Lipinski definition) is 0. The molecule has 0 N–H and O–H groups in total. The Bertz CT molecular complexity index is 712. The van der Waals surface area contributed by atoms with Crippen LogP contribution >= 0.6 is 23.4 Å². The Morgan fingerprint density at radius 2 is 2.07 bits per heavy atom. The van der Waals surface area contributed by atoms with Crippen LogP contribution in [0.3, 0.4) is 0 Å². The van der Waals surface area contributed by atoms with Crippen LogP contribution in [0.25, 0.3) is 0 Å². The maximum Gasteiger partial charge on any atom is 0.345 e. The van der Waals surface area contributed by atoms with Crippen LogP contribution < -0.4 is 0 Å². The fourth-order valence-corrected chi connectivity index (χ4v) is 4.97. The van der Waals surface area contributed by atoms with E-state index in [0.29, 0.717) is 5.92 Å². The summed E-state index contributed by atoms with van der Waals surface area (Å²) in [4.78, 5) is 48.0. The fourth-order valence-electron chi connectivity index (χ4n) is 3.61. The molecule has 4 atom stereocenters. The quantitative estimate of drug-likeness (QED) is 0.171. The molecule has 1 saturated heterocycles. The summed E-state index contributed by atoms with van der Waals surface area (Å²) in [6.07, 6.45) is 5.37. The number of nitrogens with zero attached hydrogens (tertiary/aromatic N) is 1. The molecular formula is C21H30ClNO6S. The molecule has 9 heteroatoms. The van der Waals surface area contributed by atoms with Crippen LogP contribution in [0.4, 0.5) is 0 Å². The number of amides is 1. The molecule has 1 amide bonds. The molecular weight excluding hydrogens is 430 g/mol. The number of alkyl halides is 1. The first-order valence-electron chi connectivity index (χ1n) is 10.2. The van der Waals surface area contributed by atoms with Crippen molar-refractivity contribution in [3.8, 4) is 0 Å². The summed E-state index contributed by atoms with van der Waals surface area (Å²) in [6.45, 7) is 7.55. The molecule has 0 aromatic rings. The summed E-state index contributed by atoms with van der Waals surface area (Å²) < 4.78 is 10.4. The second-order valence-electron chi connectivity index (χ2n) is 8.51. The number of esters is 2. The highest BCUT2D eigenvalue weighted by atomic mass is 35.5. The van der Waals surface area contributed by atoms with E-state index in [4.69, 9.17) is 21.1 Å². The summed E-state index contributed by atoms with van der Waals surface area (Å²) in [5.74, 6) is -1.35. The van der Waals surface area contributed by atoms with E-state index in [1.807, 2.05) is 0 Å². The Kier molecular flexibility index (Phi) is 8.79. The number of Topliss-reactive ketones (excluding diaryl/α,β-unsaturated/α-hetero) is 1. The van der Waals surface area contributed by atoms with E-state index in [-0.39, 0.29) is 41.6 Å². The van der Waals surface area contributed by atoms with Crippen molar-refractivity contribution in [3.63, 3.8) is 0 Å². The van der Waals surface area contributed by atoms with Gasteiger partial charge < -0.3 is 14.4 Å². The van der Waals surface area contributed by atoms with Gasteiger partial charge >= 0.3 is 11.9 Å². The van der Waals surface area contributed by atoms with Crippen molar-refractivity contribution in [1.82, 2.24) is 4.90 Å². The number of carbonyl (C=O) groups excluding carboxylic acids is 4. The minimum Gasteiger partial charge on any atom is -0.459 e. The minimum absolute atomic E-state index is 0.0849. The van der Waals surface area contributed by atoms with E-state index in [9.17, 15) is 19.2 Å². The Labute approximate surface area is 186 Å². The third kappa shape index (κ3) is 6.48. The van der Waals surface area contributed by atoms with Gasteiger partial charge in [0.05, 0.1) is 11.8 Å². The molecule has 0 aromatic heterocycles. The highest BCUT2D eigenvalue weighted by Gasteiger charge is 2.43. The summed E-state index contributed by atoms with van der Waals surface area (Å²) >= 11 is 7.22. The predicted molar refractivity (Wildman–Crippen MR) is 115 cm³/mol. The van der Waals surface area contributed by atoms with Gasteiger partial charge in [0.2, 0.25) is 11.4 Å². The number of hydrogen-bond acceptors (Lipinski definition) is 7. The van der Waals surface area contributed by atoms with Gasteiger partial charge in [0.15, 0.2) is 5.78 Å². The first-order valence-corrected chi connectivity index (χ1v) is 11.6. The van der Waals surface area contributed by atoms with E-state index in [2.05, 4.69) is 20.8 Å². The van der Waals surface area contributed by atoms with E-state index in [0.717, 1.165) is 25.7 Å². The Hall–Kier alpha value is -1.54. The third-order valence-electron chi connectivity index (χ3n) is 5.89. The lowest BCUT2D eigenvalue weighted by Crippen LogP contribution is -2.56. The molecule has 0 aromatic carbocycles. The number of likely N-dealkylation sites (tertiary alicyclic amines) is 1. The van der Waals surface area contributed by atoms with Crippen molar-refractivity contribution >= 4 is 47.0 Å². The lowest BCUT2D eigenvalue weighted by molar-refractivity contribution is -0.158. The fraction of sp³-hybridized carbons (Fsp3) is 0.714. The van der Waals surface area contributed by atoms with Gasteiger partial charge in [0.1, 0.15) is 12.7 Å². The van der Waals surface area contributed by atoms with E-state index in [1.54, 1.807) is 5.41 Å². The number of thioether (sulfide) groups is 1. The molecule has 1 heterocycles. The number of β-lactam (4-membered cyclic amide) rings is 1. The Morgan fingerprint density at radius 3 is 2.67 bits per heavy atom. The van der Waals surface area contributed by atoms with Gasteiger partial charge in [0.25, 0.3) is 0 Å². The highest BCUT2D eigenvalue weighted by Crippen LogP contribution is 2.43. The lowest BCUT2D eigenvalue weighted by Gasteiger charge is -2.41. The number of ether oxygens (including phenoxy) is 2. The molecule has 1 aliphatic carbocycles. The largest absolute Gasteiger partial charge is 0.459 e. The minimum atomic E-state index is -1.31. The maximum atomic E-state index is 12.2. The van der Waals surface area contributed by atoms with Crippen LogP contribution in [0.1, 0.15) is 59.8 Å². The second-order valence-corrected chi connectivity index (χ2v) is 10.0. The normalized spacial score (nSPS) is 27.7. The molecule has 168 valence electrons. The zero-order chi connectivity index (χ0) is 22.5. The molecule has 0 radical (unpaired) electrons. The van der Waals surface area contributed by atoms with Crippen molar-refractivity contribution in [1.29, 1.82) is 0 Å². The van der Waals surface area contributed by atoms with Crippen LogP contribution in [0, 0.1) is 11.3 Å². The monoisotopic (exact) mass is 459 g/mol. The molecule has 0 spiro atoms.